The third-order valence-corrected chi connectivity index (χ3v) is 10.8. The first-order chi connectivity index (χ1) is 28.3. The highest BCUT2D eigenvalue weighted by atomic mass is 16.7. The Morgan fingerprint density at radius 2 is 1.03 bits per heavy atom. The quantitative estimate of drug-likeness (QED) is 0.0267. The van der Waals surface area contributed by atoms with Gasteiger partial charge in [-0.25, -0.2) is 0 Å². The Labute approximate surface area is 354 Å². The van der Waals surface area contributed by atoms with Crippen LogP contribution in [-0.4, -0.2) is 87.5 Å². The zero-order valence-corrected chi connectivity index (χ0v) is 36.8. The van der Waals surface area contributed by atoms with E-state index in [1.54, 1.807) is 6.08 Å². The van der Waals surface area contributed by atoms with Crippen LogP contribution in [-0.2, 0) is 14.3 Å². The van der Waals surface area contributed by atoms with E-state index < -0.39 is 49.5 Å². The van der Waals surface area contributed by atoms with Crippen LogP contribution in [0, 0.1) is 0 Å². The molecule has 1 amide bonds. The van der Waals surface area contributed by atoms with Gasteiger partial charge in [0, 0.05) is 6.42 Å². The number of hydrogen-bond donors (Lipinski definition) is 6. The molecule has 1 aliphatic heterocycles. The summed E-state index contributed by atoms with van der Waals surface area (Å²) < 4.78 is 11.2. The number of carbonyl (C=O) groups excluding carboxylic acids is 1. The fourth-order valence-corrected chi connectivity index (χ4v) is 6.98. The summed E-state index contributed by atoms with van der Waals surface area (Å²) >= 11 is 0. The van der Waals surface area contributed by atoms with E-state index in [-0.39, 0.29) is 12.5 Å². The molecule has 0 aromatic heterocycles. The molecule has 1 saturated heterocycles. The summed E-state index contributed by atoms with van der Waals surface area (Å²) in [4.78, 5) is 13.0. The first-order valence-electron chi connectivity index (χ1n) is 23.5. The number of hydrogen-bond acceptors (Lipinski definition) is 8. The van der Waals surface area contributed by atoms with Gasteiger partial charge in [0.2, 0.25) is 5.91 Å². The molecular weight excluding hydrogens is 731 g/mol. The molecule has 336 valence electrons. The van der Waals surface area contributed by atoms with E-state index in [1.165, 1.54) is 96.3 Å². The van der Waals surface area contributed by atoms with Crippen molar-refractivity contribution in [3.63, 3.8) is 0 Å². The molecule has 7 unspecified atom stereocenters. The van der Waals surface area contributed by atoms with Crippen molar-refractivity contribution in [1.82, 2.24) is 5.32 Å². The summed E-state index contributed by atoms with van der Waals surface area (Å²) in [6.45, 7) is 3.70. The number of rotatable bonds is 38. The van der Waals surface area contributed by atoms with Gasteiger partial charge in [0.15, 0.2) is 6.29 Å². The van der Waals surface area contributed by atoms with E-state index in [0.29, 0.717) is 6.42 Å². The highest BCUT2D eigenvalue weighted by molar-refractivity contribution is 5.76. The van der Waals surface area contributed by atoms with Crippen molar-refractivity contribution in [1.29, 1.82) is 0 Å². The second-order valence-corrected chi connectivity index (χ2v) is 16.2. The zero-order valence-electron chi connectivity index (χ0n) is 36.8. The molecule has 0 aromatic rings. The van der Waals surface area contributed by atoms with Gasteiger partial charge >= 0.3 is 0 Å². The van der Waals surface area contributed by atoms with E-state index >= 15 is 0 Å². The molecule has 0 spiro atoms. The van der Waals surface area contributed by atoms with Gasteiger partial charge in [0.1, 0.15) is 24.4 Å². The molecule has 0 aromatic carbocycles. The lowest BCUT2D eigenvalue weighted by atomic mass is 9.99. The molecular formula is C49H87NO8. The van der Waals surface area contributed by atoms with Crippen molar-refractivity contribution in [2.45, 2.75) is 230 Å². The summed E-state index contributed by atoms with van der Waals surface area (Å²) in [6.07, 6.45) is 44.0. The van der Waals surface area contributed by atoms with Crippen LogP contribution in [0.1, 0.15) is 187 Å². The smallest absolute Gasteiger partial charge is 0.220 e. The average molecular weight is 818 g/mol. The summed E-state index contributed by atoms with van der Waals surface area (Å²) in [6, 6.07) is -0.831. The maximum atomic E-state index is 13.0. The highest BCUT2D eigenvalue weighted by Gasteiger charge is 2.44. The van der Waals surface area contributed by atoms with E-state index in [4.69, 9.17) is 9.47 Å². The highest BCUT2D eigenvalue weighted by Crippen LogP contribution is 2.22. The van der Waals surface area contributed by atoms with Crippen LogP contribution in [0.2, 0.25) is 0 Å². The minimum atomic E-state index is -1.58. The van der Waals surface area contributed by atoms with Crippen molar-refractivity contribution in [3.8, 4) is 0 Å². The van der Waals surface area contributed by atoms with Crippen molar-refractivity contribution < 1.29 is 39.8 Å². The number of aliphatic hydroxyl groups is 5. The molecule has 1 aliphatic rings. The third-order valence-electron chi connectivity index (χ3n) is 10.8. The predicted molar refractivity (Wildman–Crippen MR) is 239 cm³/mol. The number of unbranched alkanes of at least 4 members (excludes halogenated alkanes) is 20. The van der Waals surface area contributed by atoms with Gasteiger partial charge in [-0.1, -0.05) is 164 Å². The van der Waals surface area contributed by atoms with Gasteiger partial charge in [-0.3, -0.25) is 4.79 Å². The molecule has 58 heavy (non-hydrogen) atoms. The van der Waals surface area contributed by atoms with Gasteiger partial charge in [0.05, 0.1) is 25.4 Å². The van der Waals surface area contributed by atoms with Crippen LogP contribution in [0.15, 0.2) is 60.8 Å². The van der Waals surface area contributed by atoms with Gasteiger partial charge in [-0.05, 0) is 77.0 Å². The van der Waals surface area contributed by atoms with Gasteiger partial charge in [-0.15, -0.1) is 0 Å². The fraction of sp³-hybridized carbons (Fsp3) is 0.776. The first kappa shape index (κ1) is 53.9. The van der Waals surface area contributed by atoms with Crippen molar-refractivity contribution in [2.75, 3.05) is 13.2 Å². The number of nitrogens with one attached hydrogen (secondary N) is 1. The summed E-state index contributed by atoms with van der Waals surface area (Å²) in [5.41, 5.74) is 0. The lowest BCUT2D eigenvalue weighted by Gasteiger charge is -2.40. The van der Waals surface area contributed by atoms with E-state index in [1.807, 2.05) is 6.08 Å². The molecule has 1 fully saturated rings. The average Bonchev–Trinajstić information content (AvgIpc) is 3.22. The Balaban J connectivity index is 2.36. The zero-order chi connectivity index (χ0) is 42.3. The summed E-state index contributed by atoms with van der Waals surface area (Å²) in [5.74, 6) is -0.198. The Morgan fingerprint density at radius 1 is 0.586 bits per heavy atom. The lowest BCUT2D eigenvalue weighted by Crippen LogP contribution is -2.60. The molecule has 0 bridgehead atoms. The van der Waals surface area contributed by atoms with E-state index in [9.17, 15) is 30.3 Å². The van der Waals surface area contributed by atoms with Crippen molar-refractivity contribution >= 4 is 5.91 Å². The Bertz CT molecular complexity index is 1090. The number of ether oxygens (including phenoxy) is 2. The summed E-state index contributed by atoms with van der Waals surface area (Å²) in [5, 5.41) is 54.1. The molecule has 1 rings (SSSR count). The largest absolute Gasteiger partial charge is 0.394 e. The van der Waals surface area contributed by atoms with Crippen molar-refractivity contribution in [3.05, 3.63) is 60.8 Å². The Morgan fingerprint density at radius 3 is 1.57 bits per heavy atom. The van der Waals surface area contributed by atoms with Crippen LogP contribution < -0.4 is 5.32 Å². The topological polar surface area (TPSA) is 149 Å². The monoisotopic (exact) mass is 818 g/mol. The Kier molecular flexibility index (Phi) is 36.3. The molecule has 0 aliphatic carbocycles. The minimum absolute atomic E-state index is 0.198. The maximum absolute atomic E-state index is 13.0. The van der Waals surface area contributed by atoms with Gasteiger partial charge in [-0.2, -0.15) is 0 Å². The van der Waals surface area contributed by atoms with Crippen LogP contribution in [0.25, 0.3) is 0 Å². The summed E-state index contributed by atoms with van der Waals surface area (Å²) in [7, 11) is 0. The molecule has 6 N–H and O–H groups in total. The lowest BCUT2D eigenvalue weighted by molar-refractivity contribution is -0.302. The molecule has 7 atom stereocenters. The van der Waals surface area contributed by atoms with E-state index in [0.717, 1.165) is 70.6 Å². The number of aliphatic hydroxyl groups excluding tert-OH is 5. The third kappa shape index (κ3) is 29.2. The van der Waals surface area contributed by atoms with E-state index in [2.05, 4.69) is 67.8 Å². The Hall–Kier alpha value is -2.11. The normalized spacial score (nSPS) is 21.4. The molecule has 0 saturated carbocycles. The van der Waals surface area contributed by atoms with Crippen LogP contribution in [0.3, 0.4) is 0 Å². The SMILES string of the molecule is CCCCCC/C=C/CC/C=C/CC/C=C/C(O)C(COC1OC(CO)C(O)C(O)C1O)NC(=O)CCCCCCCCCCC/C=C\C/C=C\CCCCCCC. The second-order valence-electron chi connectivity index (χ2n) is 16.2. The standard InChI is InChI=1S/C49H87NO8/c1-3-5-7-9-11-13-15-17-19-20-21-22-23-24-25-27-29-31-33-35-37-39-45(53)50-42(41-57-49-48(56)47(55)46(54)44(40-51)58-49)43(52)38-36-34-32-30-28-26-18-16-14-12-10-8-6-4-2/h14-17,20-21,28,30,36,38,42-44,46-49,51-52,54-56H,3-13,18-19,22-27,29,31-35,37,39-41H2,1-2H3,(H,50,53)/b16-14+,17-15-,21-20-,30-28+,38-36+. The number of carbonyl (C=O) groups is 1. The molecule has 9 nitrogen and oxygen atoms in total. The molecule has 9 heteroatoms. The first-order valence-corrected chi connectivity index (χ1v) is 23.5. The predicted octanol–water partition coefficient (Wildman–Crippen LogP) is 10.0. The molecule has 1 heterocycles. The second kappa shape index (κ2) is 39.1. The van der Waals surface area contributed by atoms with Crippen LogP contribution in [0.4, 0.5) is 0 Å². The minimum Gasteiger partial charge on any atom is -0.394 e. The van der Waals surface area contributed by atoms with Gasteiger partial charge in [0.25, 0.3) is 0 Å². The van der Waals surface area contributed by atoms with Crippen LogP contribution in [0.5, 0.6) is 0 Å². The van der Waals surface area contributed by atoms with Gasteiger partial charge < -0.3 is 40.3 Å². The number of amides is 1. The van der Waals surface area contributed by atoms with Crippen LogP contribution >= 0.6 is 0 Å². The van der Waals surface area contributed by atoms with Crippen molar-refractivity contribution in [2.24, 2.45) is 0 Å². The maximum Gasteiger partial charge on any atom is 0.220 e. The fourth-order valence-electron chi connectivity index (χ4n) is 6.98. The number of allylic oxidation sites excluding steroid dienone is 9. The molecule has 0 radical (unpaired) electrons.